The van der Waals surface area contributed by atoms with Gasteiger partial charge in [0.05, 0.1) is 5.54 Å². The van der Waals surface area contributed by atoms with Crippen molar-refractivity contribution in [3.63, 3.8) is 0 Å². The molecule has 1 aliphatic carbocycles. The zero-order valence-electron chi connectivity index (χ0n) is 16.3. The van der Waals surface area contributed by atoms with Gasteiger partial charge in [-0.1, -0.05) is 26.7 Å². The van der Waals surface area contributed by atoms with Crippen LogP contribution in [0.3, 0.4) is 0 Å². The second-order valence-electron chi connectivity index (χ2n) is 9.25. The molecule has 1 aliphatic rings. The highest BCUT2D eigenvalue weighted by atomic mass is 16.6. The topological polar surface area (TPSA) is 50.4 Å². The lowest BCUT2D eigenvalue weighted by molar-refractivity contribution is 0.0469. The largest absolute Gasteiger partial charge is 0.444 e. The molecule has 0 aromatic carbocycles. The molecule has 0 heterocycles. The normalized spacial score (nSPS) is 23.0. The average molecular weight is 327 g/mol. The van der Waals surface area contributed by atoms with Crippen molar-refractivity contribution in [3.05, 3.63) is 0 Å². The summed E-state index contributed by atoms with van der Waals surface area (Å²) in [5.41, 5.74) is -0.769. The van der Waals surface area contributed by atoms with Crippen LogP contribution in [0.1, 0.15) is 80.6 Å². The molecule has 0 bridgehead atoms. The number of hydrogen-bond acceptors (Lipinski definition) is 3. The summed E-state index contributed by atoms with van der Waals surface area (Å²) in [4.78, 5) is 11.9. The molecule has 0 aliphatic heterocycles. The van der Waals surface area contributed by atoms with E-state index in [4.69, 9.17) is 4.74 Å². The van der Waals surface area contributed by atoms with Gasteiger partial charge in [-0.3, -0.25) is 0 Å². The van der Waals surface area contributed by atoms with E-state index in [1.54, 1.807) is 0 Å². The second kappa shape index (κ2) is 8.36. The van der Waals surface area contributed by atoms with E-state index >= 15 is 0 Å². The maximum atomic E-state index is 11.9. The van der Waals surface area contributed by atoms with Gasteiger partial charge in [-0.15, -0.1) is 0 Å². The highest BCUT2D eigenvalue weighted by Crippen LogP contribution is 2.29. The summed E-state index contributed by atoms with van der Waals surface area (Å²) >= 11 is 0. The molecule has 0 radical (unpaired) electrons. The molecule has 1 amide bonds. The van der Waals surface area contributed by atoms with Gasteiger partial charge in [-0.2, -0.15) is 0 Å². The molecule has 1 rings (SSSR count). The van der Waals surface area contributed by atoms with Crippen molar-refractivity contribution in [2.24, 2.45) is 11.8 Å². The van der Waals surface area contributed by atoms with E-state index in [0.717, 1.165) is 18.4 Å². The molecular formula is C19H38N2O2. The van der Waals surface area contributed by atoms with Crippen molar-refractivity contribution in [3.8, 4) is 0 Å². The van der Waals surface area contributed by atoms with Crippen LogP contribution in [0.25, 0.3) is 0 Å². The summed E-state index contributed by atoms with van der Waals surface area (Å²) in [5, 5.41) is 6.64. The third-order valence-corrected chi connectivity index (χ3v) is 4.26. The average Bonchev–Trinajstić information content (AvgIpc) is 2.33. The summed E-state index contributed by atoms with van der Waals surface area (Å²) in [5.74, 6) is 1.63. The molecule has 2 N–H and O–H groups in total. The Morgan fingerprint density at radius 2 is 1.83 bits per heavy atom. The van der Waals surface area contributed by atoms with Crippen LogP contribution >= 0.6 is 0 Å². The summed E-state index contributed by atoms with van der Waals surface area (Å²) in [6, 6.07) is 0.576. The van der Waals surface area contributed by atoms with E-state index in [9.17, 15) is 4.79 Å². The van der Waals surface area contributed by atoms with E-state index in [0.29, 0.717) is 6.04 Å². The highest BCUT2D eigenvalue weighted by molar-refractivity contribution is 5.68. The Morgan fingerprint density at radius 3 is 2.39 bits per heavy atom. The molecule has 2 atom stereocenters. The van der Waals surface area contributed by atoms with Crippen LogP contribution in [0.4, 0.5) is 4.79 Å². The minimum Gasteiger partial charge on any atom is -0.444 e. The highest BCUT2D eigenvalue weighted by Gasteiger charge is 2.27. The number of amides is 1. The number of hydrogen-bond donors (Lipinski definition) is 2. The Kier molecular flexibility index (Phi) is 7.37. The van der Waals surface area contributed by atoms with Gasteiger partial charge in [-0.05, 0) is 65.7 Å². The molecule has 23 heavy (non-hydrogen) atoms. The summed E-state index contributed by atoms with van der Waals surface area (Å²) in [6.45, 7) is 15.1. The van der Waals surface area contributed by atoms with Crippen molar-refractivity contribution in [2.75, 3.05) is 6.54 Å². The lowest BCUT2D eigenvalue weighted by atomic mass is 9.81. The molecule has 1 saturated carbocycles. The number of ether oxygens (including phenoxy) is 1. The number of carbonyl (C=O) groups is 1. The van der Waals surface area contributed by atoms with E-state index in [1.165, 1.54) is 32.1 Å². The van der Waals surface area contributed by atoms with Gasteiger partial charge in [0.15, 0.2) is 0 Å². The fourth-order valence-corrected chi connectivity index (χ4v) is 3.38. The quantitative estimate of drug-likeness (QED) is 0.756. The van der Waals surface area contributed by atoms with E-state index in [2.05, 4.69) is 24.5 Å². The number of carbonyl (C=O) groups excluding carboxylic acids is 1. The maximum absolute atomic E-state index is 11.9. The van der Waals surface area contributed by atoms with Crippen molar-refractivity contribution in [2.45, 2.75) is 97.8 Å². The first kappa shape index (κ1) is 20.3. The second-order valence-corrected chi connectivity index (χ2v) is 9.25. The van der Waals surface area contributed by atoms with Gasteiger partial charge in [0.1, 0.15) is 5.60 Å². The predicted octanol–water partition coefficient (Wildman–Crippen LogP) is 4.48. The Hall–Kier alpha value is -0.770. The van der Waals surface area contributed by atoms with Gasteiger partial charge >= 0.3 is 6.09 Å². The van der Waals surface area contributed by atoms with Crippen LogP contribution in [0, 0.1) is 11.8 Å². The van der Waals surface area contributed by atoms with Gasteiger partial charge in [0.2, 0.25) is 0 Å². The molecule has 4 heteroatoms. The summed E-state index contributed by atoms with van der Waals surface area (Å²) in [7, 11) is 0. The molecule has 0 aromatic heterocycles. The molecule has 0 spiro atoms. The van der Waals surface area contributed by atoms with Gasteiger partial charge in [-0.25, -0.2) is 4.79 Å². The van der Waals surface area contributed by atoms with Gasteiger partial charge in [0, 0.05) is 12.6 Å². The summed E-state index contributed by atoms with van der Waals surface area (Å²) in [6.07, 6.45) is 6.19. The molecule has 4 nitrogen and oxygen atoms in total. The minimum absolute atomic E-state index is 0.312. The van der Waals surface area contributed by atoms with Crippen LogP contribution < -0.4 is 10.6 Å². The molecule has 1 fully saturated rings. The third-order valence-electron chi connectivity index (χ3n) is 4.26. The number of nitrogens with one attached hydrogen (secondary N) is 2. The van der Waals surface area contributed by atoms with Crippen molar-refractivity contribution in [1.82, 2.24) is 10.6 Å². The van der Waals surface area contributed by atoms with Crippen LogP contribution in [-0.4, -0.2) is 29.8 Å². The van der Waals surface area contributed by atoms with E-state index < -0.39 is 5.60 Å². The summed E-state index contributed by atoms with van der Waals surface area (Å²) < 4.78 is 5.35. The first-order chi connectivity index (χ1) is 10.5. The molecule has 136 valence electrons. The first-order valence-electron chi connectivity index (χ1n) is 9.21. The van der Waals surface area contributed by atoms with Crippen LogP contribution in [0.5, 0.6) is 0 Å². The number of rotatable bonds is 6. The van der Waals surface area contributed by atoms with Crippen LogP contribution in [-0.2, 0) is 4.74 Å². The molecule has 0 aromatic rings. The van der Waals surface area contributed by atoms with Crippen LogP contribution in [0.15, 0.2) is 0 Å². The van der Waals surface area contributed by atoms with Gasteiger partial charge in [0.25, 0.3) is 0 Å². The zero-order chi connectivity index (χ0) is 17.7. The Balaban J connectivity index is 2.38. The van der Waals surface area contributed by atoms with Gasteiger partial charge < -0.3 is 15.4 Å². The Morgan fingerprint density at radius 1 is 1.17 bits per heavy atom. The van der Waals surface area contributed by atoms with E-state index in [-0.39, 0.29) is 11.6 Å². The fourth-order valence-electron chi connectivity index (χ4n) is 3.38. The lowest BCUT2D eigenvalue weighted by Crippen LogP contribution is -2.53. The lowest BCUT2D eigenvalue weighted by Gasteiger charge is -2.34. The monoisotopic (exact) mass is 326 g/mol. The predicted molar refractivity (Wildman–Crippen MR) is 96.7 cm³/mol. The molecule has 0 saturated heterocycles. The van der Waals surface area contributed by atoms with Crippen molar-refractivity contribution >= 4 is 6.09 Å². The van der Waals surface area contributed by atoms with Crippen molar-refractivity contribution in [1.29, 1.82) is 0 Å². The van der Waals surface area contributed by atoms with Crippen molar-refractivity contribution < 1.29 is 9.53 Å². The molecule has 2 unspecified atom stereocenters. The first-order valence-corrected chi connectivity index (χ1v) is 9.21. The van der Waals surface area contributed by atoms with Crippen LogP contribution in [0.2, 0.25) is 0 Å². The fraction of sp³-hybridized carbons (Fsp3) is 0.947. The maximum Gasteiger partial charge on any atom is 0.408 e. The zero-order valence-corrected chi connectivity index (χ0v) is 16.3. The van der Waals surface area contributed by atoms with E-state index in [1.807, 2.05) is 34.6 Å². The third kappa shape index (κ3) is 9.19. The minimum atomic E-state index is -0.457. The smallest absolute Gasteiger partial charge is 0.408 e. The Bertz CT molecular complexity index is 372. The Labute approximate surface area is 143 Å². The SMILES string of the molecule is CC(C)CC1CCCC(NCC(C)(C)NC(=O)OC(C)(C)C)C1. The standard InChI is InChI=1S/C19H38N2O2/c1-14(2)11-15-9-8-10-16(12-15)20-13-19(6,7)21-17(22)23-18(3,4)5/h14-16,20H,8-13H2,1-7H3,(H,21,22). The molecular weight excluding hydrogens is 288 g/mol. The number of alkyl carbamates (subject to hydrolysis) is 1.